The fourth-order valence-electron chi connectivity index (χ4n) is 2.25. The van der Waals surface area contributed by atoms with Crippen molar-refractivity contribution in [1.82, 2.24) is 9.29 Å². The second kappa shape index (κ2) is 8.07. The highest BCUT2D eigenvalue weighted by Crippen LogP contribution is 2.19. The van der Waals surface area contributed by atoms with Gasteiger partial charge in [-0.05, 0) is 31.9 Å². The first-order valence-corrected chi connectivity index (χ1v) is 10.2. The molecule has 0 aliphatic rings. The van der Waals surface area contributed by atoms with E-state index in [0.29, 0.717) is 5.13 Å². The second-order valence-electron chi connectivity index (χ2n) is 6.33. The number of nitrogens with one attached hydrogen (secondary N) is 1. The first kappa shape index (κ1) is 19.6. The number of sulfonamides is 1. The first-order valence-electron chi connectivity index (χ1n) is 7.97. The van der Waals surface area contributed by atoms with Gasteiger partial charge in [-0.25, -0.2) is 13.4 Å². The molecule has 0 unspecified atom stereocenters. The number of anilines is 1. The molecule has 6 nitrogen and oxygen atoms in total. The van der Waals surface area contributed by atoms with Crippen molar-refractivity contribution in [1.29, 1.82) is 0 Å². The zero-order chi connectivity index (χ0) is 18.6. The summed E-state index contributed by atoms with van der Waals surface area (Å²) in [6.45, 7) is 7.64. The zero-order valence-corrected chi connectivity index (χ0v) is 16.4. The van der Waals surface area contributed by atoms with Gasteiger partial charge in [0.25, 0.3) is 0 Å². The fourth-order valence-corrected chi connectivity index (χ4v) is 4.49. The molecule has 0 bridgehead atoms. The molecule has 0 spiro atoms. The first-order chi connectivity index (χ1) is 11.7. The molecule has 0 saturated heterocycles. The summed E-state index contributed by atoms with van der Waals surface area (Å²) in [4.78, 5) is 17.5. The molecule has 2 rings (SSSR count). The molecule has 1 amide bonds. The van der Waals surface area contributed by atoms with Crippen LogP contribution in [-0.2, 0) is 14.8 Å². The van der Waals surface area contributed by atoms with E-state index in [1.807, 2.05) is 27.7 Å². The Hall–Kier alpha value is -1.77. The number of thiazole rings is 1. The normalized spacial score (nSPS) is 11.9. The van der Waals surface area contributed by atoms with Crippen LogP contribution in [0.2, 0.25) is 0 Å². The summed E-state index contributed by atoms with van der Waals surface area (Å²) in [5.41, 5.74) is 0.978. The summed E-state index contributed by atoms with van der Waals surface area (Å²) in [7, 11) is -3.74. The summed E-state index contributed by atoms with van der Waals surface area (Å²) >= 11 is 1.35. The number of carbonyl (C=O) groups excluding carboxylic acids is 1. The maximum absolute atomic E-state index is 12.9. The Morgan fingerprint density at radius 2 is 1.88 bits per heavy atom. The number of nitrogens with zero attached hydrogens (tertiary/aromatic N) is 2. The smallest absolute Gasteiger partial charge is 0.243 e. The van der Waals surface area contributed by atoms with Crippen LogP contribution in [0.3, 0.4) is 0 Å². The number of benzene rings is 1. The van der Waals surface area contributed by atoms with Gasteiger partial charge in [-0.3, -0.25) is 4.79 Å². The van der Waals surface area contributed by atoms with Crippen molar-refractivity contribution >= 4 is 32.4 Å². The molecule has 0 aliphatic carbocycles. The molecule has 0 saturated carbocycles. The maximum Gasteiger partial charge on any atom is 0.243 e. The van der Waals surface area contributed by atoms with E-state index in [9.17, 15) is 13.2 Å². The van der Waals surface area contributed by atoms with E-state index in [1.165, 1.54) is 15.6 Å². The van der Waals surface area contributed by atoms with Gasteiger partial charge in [0, 0.05) is 17.6 Å². The summed E-state index contributed by atoms with van der Waals surface area (Å²) in [6, 6.07) is 6.64. The van der Waals surface area contributed by atoms with Gasteiger partial charge >= 0.3 is 0 Å². The number of rotatable bonds is 7. The summed E-state index contributed by atoms with van der Waals surface area (Å²) in [5.74, 6) is -0.305. The molecule has 8 heteroatoms. The molecule has 25 heavy (non-hydrogen) atoms. The van der Waals surface area contributed by atoms with Crippen LogP contribution < -0.4 is 5.32 Å². The molecule has 2 aromatic rings. The molecule has 136 valence electrons. The number of amides is 1. The lowest BCUT2D eigenvalue weighted by molar-refractivity contribution is -0.116. The number of hydrogen-bond donors (Lipinski definition) is 1. The predicted octanol–water partition coefficient (Wildman–Crippen LogP) is 3.05. The van der Waals surface area contributed by atoms with Gasteiger partial charge in [-0.1, -0.05) is 31.5 Å². The van der Waals surface area contributed by atoms with E-state index < -0.39 is 15.9 Å². The molecule has 1 aromatic carbocycles. The topological polar surface area (TPSA) is 79.4 Å². The average molecular weight is 382 g/mol. The Bertz CT molecular complexity index is 827. The van der Waals surface area contributed by atoms with Gasteiger partial charge < -0.3 is 5.32 Å². The van der Waals surface area contributed by atoms with Crippen LogP contribution in [0.4, 0.5) is 5.13 Å². The van der Waals surface area contributed by atoms with Crippen LogP contribution in [-0.4, -0.2) is 36.7 Å². The lowest BCUT2D eigenvalue weighted by Gasteiger charge is -2.23. The third-order valence-corrected chi connectivity index (χ3v) is 6.07. The van der Waals surface area contributed by atoms with E-state index >= 15 is 0 Å². The third-order valence-electron chi connectivity index (χ3n) is 3.42. The average Bonchev–Trinajstić information content (AvgIpc) is 2.91. The minimum atomic E-state index is -3.74. The summed E-state index contributed by atoms with van der Waals surface area (Å²) < 4.78 is 27.0. The summed E-state index contributed by atoms with van der Waals surface area (Å²) in [5, 5.41) is 3.13. The van der Waals surface area contributed by atoms with E-state index in [-0.39, 0.29) is 23.9 Å². The SMILES string of the molecule is Cc1ccc(S(=O)(=O)N(CC(=O)Nc2ncc(C)s2)CC(C)C)cc1. The van der Waals surface area contributed by atoms with Gasteiger partial charge in [-0.2, -0.15) is 4.31 Å². The number of hydrogen-bond acceptors (Lipinski definition) is 5. The van der Waals surface area contributed by atoms with Crippen LogP contribution in [0.25, 0.3) is 0 Å². The van der Waals surface area contributed by atoms with Gasteiger partial charge in [-0.15, -0.1) is 11.3 Å². The lowest BCUT2D eigenvalue weighted by Crippen LogP contribution is -2.40. The van der Waals surface area contributed by atoms with Crippen LogP contribution >= 0.6 is 11.3 Å². The predicted molar refractivity (Wildman–Crippen MR) is 100 cm³/mol. The van der Waals surface area contributed by atoms with E-state index in [2.05, 4.69) is 10.3 Å². The highest BCUT2D eigenvalue weighted by molar-refractivity contribution is 7.89. The van der Waals surface area contributed by atoms with Gasteiger partial charge in [0.15, 0.2) is 5.13 Å². The van der Waals surface area contributed by atoms with Crippen molar-refractivity contribution in [3.05, 3.63) is 40.9 Å². The number of aromatic nitrogens is 1. The molecule has 0 fully saturated rings. The Balaban J connectivity index is 2.19. The van der Waals surface area contributed by atoms with E-state index in [0.717, 1.165) is 10.4 Å². The van der Waals surface area contributed by atoms with Crippen molar-refractivity contribution in [2.45, 2.75) is 32.6 Å². The monoisotopic (exact) mass is 381 g/mol. The van der Waals surface area contributed by atoms with Gasteiger partial charge in [0.2, 0.25) is 15.9 Å². The highest BCUT2D eigenvalue weighted by atomic mass is 32.2. The Morgan fingerprint density at radius 1 is 1.24 bits per heavy atom. The Kier molecular flexibility index (Phi) is 6.31. The minimum absolute atomic E-state index is 0.0927. The lowest BCUT2D eigenvalue weighted by atomic mass is 10.2. The van der Waals surface area contributed by atoms with Crippen LogP contribution in [0.5, 0.6) is 0 Å². The van der Waals surface area contributed by atoms with E-state index in [1.54, 1.807) is 30.5 Å². The zero-order valence-electron chi connectivity index (χ0n) is 14.8. The molecule has 1 aromatic heterocycles. The second-order valence-corrected chi connectivity index (χ2v) is 9.50. The number of aryl methyl sites for hydroxylation is 2. The molecule has 1 heterocycles. The van der Waals surface area contributed by atoms with Crippen LogP contribution in [0, 0.1) is 19.8 Å². The maximum atomic E-state index is 12.9. The number of carbonyl (C=O) groups is 1. The standard InChI is InChI=1S/C17H23N3O3S2/c1-12(2)10-20(11-16(21)19-17-18-9-14(4)24-17)25(22,23)15-7-5-13(3)6-8-15/h5-9,12H,10-11H2,1-4H3,(H,18,19,21). The molecule has 1 N–H and O–H groups in total. The van der Waals surface area contributed by atoms with Crippen molar-refractivity contribution in [2.24, 2.45) is 5.92 Å². The van der Waals surface area contributed by atoms with Gasteiger partial charge in [0.05, 0.1) is 11.4 Å². The Labute approximate surface area is 153 Å². The molecular formula is C17H23N3O3S2. The largest absolute Gasteiger partial charge is 0.301 e. The fraction of sp³-hybridized carbons (Fsp3) is 0.412. The molecular weight excluding hydrogens is 358 g/mol. The minimum Gasteiger partial charge on any atom is -0.301 e. The van der Waals surface area contributed by atoms with Crippen LogP contribution in [0.1, 0.15) is 24.3 Å². The van der Waals surface area contributed by atoms with E-state index in [4.69, 9.17) is 0 Å². The Morgan fingerprint density at radius 3 is 2.40 bits per heavy atom. The molecule has 0 aliphatic heterocycles. The van der Waals surface area contributed by atoms with Crippen LogP contribution in [0.15, 0.2) is 35.4 Å². The van der Waals surface area contributed by atoms with Crippen molar-refractivity contribution < 1.29 is 13.2 Å². The summed E-state index contributed by atoms with van der Waals surface area (Å²) in [6.07, 6.45) is 1.66. The third kappa shape index (κ3) is 5.35. The van der Waals surface area contributed by atoms with Crippen molar-refractivity contribution in [3.63, 3.8) is 0 Å². The highest BCUT2D eigenvalue weighted by Gasteiger charge is 2.27. The van der Waals surface area contributed by atoms with Gasteiger partial charge in [0.1, 0.15) is 0 Å². The quantitative estimate of drug-likeness (QED) is 0.799. The molecule has 0 atom stereocenters. The molecule has 0 radical (unpaired) electrons. The van der Waals surface area contributed by atoms with Crippen molar-refractivity contribution in [2.75, 3.05) is 18.4 Å². The van der Waals surface area contributed by atoms with Crippen molar-refractivity contribution in [3.8, 4) is 0 Å².